The zero-order valence-electron chi connectivity index (χ0n) is 13.2. The number of aromatic nitrogens is 1. The predicted molar refractivity (Wildman–Crippen MR) is 88.4 cm³/mol. The summed E-state index contributed by atoms with van der Waals surface area (Å²) in [4.78, 5) is 14.7. The zero-order valence-corrected chi connectivity index (χ0v) is 13.2. The number of carbonyl (C=O) groups is 1. The van der Waals surface area contributed by atoms with Gasteiger partial charge in [0.1, 0.15) is 0 Å². The van der Waals surface area contributed by atoms with Gasteiger partial charge in [0.25, 0.3) is 5.91 Å². The normalized spacial score (nSPS) is 18.5. The first-order chi connectivity index (χ1) is 10.6. The number of rotatable bonds is 4. The molecule has 1 aliphatic rings. The number of likely N-dealkylation sites (tertiary alicyclic amines) is 1. The van der Waals surface area contributed by atoms with E-state index in [2.05, 4.69) is 24.2 Å². The summed E-state index contributed by atoms with van der Waals surface area (Å²) in [6.45, 7) is 5.02. The molecule has 22 heavy (non-hydrogen) atoms. The van der Waals surface area contributed by atoms with E-state index >= 15 is 0 Å². The topological polar surface area (TPSA) is 37.3 Å². The van der Waals surface area contributed by atoms with Gasteiger partial charge in [-0.3, -0.25) is 4.79 Å². The molecular weight excluding hydrogens is 274 g/mol. The van der Waals surface area contributed by atoms with Crippen molar-refractivity contribution in [1.82, 2.24) is 14.8 Å². The van der Waals surface area contributed by atoms with E-state index in [0.29, 0.717) is 5.92 Å². The van der Waals surface area contributed by atoms with E-state index in [1.54, 1.807) is 0 Å². The molecule has 0 aliphatic carbocycles. The smallest absolute Gasteiger partial charge is 0.251 e. The summed E-state index contributed by atoms with van der Waals surface area (Å²) < 4.78 is 2.04. The molecule has 1 fully saturated rings. The molecule has 1 amide bonds. The third-order valence-corrected chi connectivity index (χ3v) is 4.39. The van der Waals surface area contributed by atoms with Crippen molar-refractivity contribution in [3.05, 3.63) is 53.9 Å². The minimum absolute atomic E-state index is 0.0166. The average Bonchev–Trinajstić information content (AvgIpc) is 3.17. The lowest BCUT2D eigenvalue weighted by Crippen LogP contribution is -2.30. The van der Waals surface area contributed by atoms with E-state index in [4.69, 9.17) is 0 Å². The predicted octanol–water partition coefficient (Wildman–Crippen LogP) is 2.47. The summed E-state index contributed by atoms with van der Waals surface area (Å²) >= 11 is 0. The molecule has 0 saturated carbocycles. The fourth-order valence-corrected chi connectivity index (χ4v) is 3.06. The van der Waals surface area contributed by atoms with Crippen LogP contribution < -0.4 is 5.32 Å². The van der Waals surface area contributed by atoms with Gasteiger partial charge in [-0.25, -0.2) is 0 Å². The van der Waals surface area contributed by atoms with Crippen LogP contribution in [-0.4, -0.2) is 42.1 Å². The molecule has 1 atom stereocenters. The van der Waals surface area contributed by atoms with E-state index in [1.165, 1.54) is 6.42 Å². The molecule has 0 spiro atoms. The maximum Gasteiger partial charge on any atom is 0.251 e. The van der Waals surface area contributed by atoms with Gasteiger partial charge in [-0.2, -0.15) is 0 Å². The molecule has 0 bridgehead atoms. The van der Waals surface area contributed by atoms with Crippen molar-refractivity contribution in [2.45, 2.75) is 13.3 Å². The van der Waals surface area contributed by atoms with E-state index in [9.17, 15) is 4.79 Å². The monoisotopic (exact) mass is 297 g/mol. The van der Waals surface area contributed by atoms with Crippen molar-refractivity contribution in [3.63, 3.8) is 0 Å². The molecule has 1 aliphatic heterocycles. The summed E-state index contributed by atoms with van der Waals surface area (Å²) in [6, 6.07) is 9.85. The van der Waals surface area contributed by atoms with Crippen LogP contribution in [0.3, 0.4) is 0 Å². The Bertz CT molecular complexity index is 648. The van der Waals surface area contributed by atoms with Crippen LogP contribution in [0.15, 0.2) is 42.7 Å². The molecule has 116 valence electrons. The minimum Gasteiger partial charge on any atom is -0.352 e. The zero-order chi connectivity index (χ0) is 15.5. The van der Waals surface area contributed by atoms with Gasteiger partial charge in [0.05, 0.1) is 0 Å². The van der Waals surface area contributed by atoms with Crippen molar-refractivity contribution in [1.29, 1.82) is 0 Å². The number of aryl methyl sites for hydroxylation is 1. The van der Waals surface area contributed by atoms with Gasteiger partial charge in [0.15, 0.2) is 0 Å². The lowest BCUT2D eigenvalue weighted by molar-refractivity contribution is 0.0947. The van der Waals surface area contributed by atoms with Gasteiger partial charge in [-0.15, -0.1) is 0 Å². The number of benzene rings is 1. The lowest BCUT2D eigenvalue weighted by Gasteiger charge is -2.13. The molecular formula is C18H23N3O. The fourth-order valence-electron chi connectivity index (χ4n) is 3.06. The largest absolute Gasteiger partial charge is 0.352 e. The van der Waals surface area contributed by atoms with Crippen LogP contribution in [0.4, 0.5) is 0 Å². The third kappa shape index (κ3) is 3.22. The van der Waals surface area contributed by atoms with Gasteiger partial charge < -0.3 is 14.8 Å². The molecule has 3 rings (SSSR count). The van der Waals surface area contributed by atoms with Crippen LogP contribution in [0, 0.1) is 12.8 Å². The average molecular weight is 297 g/mol. The van der Waals surface area contributed by atoms with E-state index in [1.807, 2.05) is 47.3 Å². The van der Waals surface area contributed by atoms with Gasteiger partial charge in [0.2, 0.25) is 0 Å². The Labute approximate surface area is 131 Å². The van der Waals surface area contributed by atoms with E-state index < -0.39 is 0 Å². The highest BCUT2D eigenvalue weighted by Crippen LogP contribution is 2.17. The van der Waals surface area contributed by atoms with Crippen LogP contribution in [0.5, 0.6) is 0 Å². The van der Waals surface area contributed by atoms with Gasteiger partial charge in [-0.1, -0.05) is 6.07 Å². The maximum absolute atomic E-state index is 12.4. The molecule has 0 radical (unpaired) electrons. The van der Waals surface area contributed by atoms with Crippen LogP contribution in [0.2, 0.25) is 0 Å². The Hall–Kier alpha value is -2.07. The summed E-state index contributed by atoms with van der Waals surface area (Å²) in [7, 11) is 2.13. The van der Waals surface area contributed by atoms with Crippen molar-refractivity contribution in [3.8, 4) is 5.69 Å². The number of nitrogens with zero attached hydrogens (tertiary/aromatic N) is 2. The molecule has 0 unspecified atom stereocenters. The summed E-state index contributed by atoms with van der Waals surface area (Å²) in [5.74, 6) is 0.589. The van der Waals surface area contributed by atoms with Crippen LogP contribution in [-0.2, 0) is 0 Å². The minimum atomic E-state index is 0.0166. The van der Waals surface area contributed by atoms with Crippen LogP contribution in [0.25, 0.3) is 5.69 Å². The summed E-state index contributed by atoms with van der Waals surface area (Å²) in [6.07, 6.45) is 5.16. The van der Waals surface area contributed by atoms with Crippen molar-refractivity contribution in [2.24, 2.45) is 5.92 Å². The Morgan fingerprint density at radius 3 is 2.77 bits per heavy atom. The highest BCUT2D eigenvalue weighted by atomic mass is 16.1. The Morgan fingerprint density at radius 2 is 2.09 bits per heavy atom. The van der Waals surface area contributed by atoms with Crippen LogP contribution in [0.1, 0.15) is 22.3 Å². The third-order valence-electron chi connectivity index (χ3n) is 4.39. The van der Waals surface area contributed by atoms with Crippen molar-refractivity contribution < 1.29 is 4.79 Å². The Kier molecular flexibility index (Phi) is 4.29. The first-order valence-electron chi connectivity index (χ1n) is 7.84. The molecule has 4 nitrogen and oxygen atoms in total. The SMILES string of the molecule is Cc1ccc(C(=O)NC[C@@H]2CCN(C)C2)cc1-n1cccc1. The highest BCUT2D eigenvalue weighted by Gasteiger charge is 2.20. The second-order valence-corrected chi connectivity index (χ2v) is 6.22. The first kappa shape index (κ1) is 14.9. The van der Waals surface area contributed by atoms with Gasteiger partial charge in [-0.05, 0) is 62.7 Å². The molecule has 1 aromatic heterocycles. The molecule has 1 aromatic carbocycles. The quantitative estimate of drug-likeness (QED) is 0.941. The maximum atomic E-state index is 12.4. The molecule has 1 N–H and O–H groups in total. The Morgan fingerprint density at radius 1 is 1.32 bits per heavy atom. The van der Waals surface area contributed by atoms with Crippen LogP contribution >= 0.6 is 0 Å². The van der Waals surface area contributed by atoms with E-state index in [-0.39, 0.29) is 5.91 Å². The summed E-state index contributed by atoms with van der Waals surface area (Å²) in [5.41, 5.74) is 2.93. The van der Waals surface area contributed by atoms with Gasteiger partial charge >= 0.3 is 0 Å². The standard InChI is InChI=1S/C18H23N3O/c1-14-5-6-16(11-17(14)21-8-3-4-9-21)18(22)19-12-15-7-10-20(2)13-15/h3-6,8-9,11,15H,7,10,12-13H2,1-2H3,(H,19,22)/t15-/m0/s1. The second-order valence-electron chi connectivity index (χ2n) is 6.22. The highest BCUT2D eigenvalue weighted by molar-refractivity contribution is 5.94. The van der Waals surface area contributed by atoms with Gasteiger partial charge in [0, 0.05) is 36.7 Å². The van der Waals surface area contributed by atoms with E-state index in [0.717, 1.165) is 36.4 Å². The lowest BCUT2D eigenvalue weighted by atomic mass is 10.1. The van der Waals surface area contributed by atoms with Crippen molar-refractivity contribution >= 4 is 5.91 Å². The van der Waals surface area contributed by atoms with Crippen molar-refractivity contribution in [2.75, 3.05) is 26.7 Å². The number of carbonyl (C=O) groups excluding carboxylic acids is 1. The number of hydrogen-bond acceptors (Lipinski definition) is 2. The summed E-state index contributed by atoms with van der Waals surface area (Å²) in [5, 5.41) is 3.08. The number of nitrogens with one attached hydrogen (secondary N) is 1. The first-order valence-corrected chi connectivity index (χ1v) is 7.84. The Balaban J connectivity index is 1.69. The number of hydrogen-bond donors (Lipinski definition) is 1. The molecule has 4 heteroatoms. The molecule has 1 saturated heterocycles. The molecule has 2 heterocycles. The second kappa shape index (κ2) is 6.36. The number of amides is 1. The fraction of sp³-hybridized carbons (Fsp3) is 0.389. The molecule has 2 aromatic rings.